The van der Waals surface area contributed by atoms with Crippen molar-refractivity contribution >= 4 is 70.6 Å². The maximum absolute atomic E-state index is 12.1. The Labute approximate surface area is 196 Å². The zero-order chi connectivity index (χ0) is 22.4. The van der Waals surface area contributed by atoms with Gasteiger partial charge in [-0.25, -0.2) is 10.9 Å². The number of carbonyl (C=O) groups is 2. The molecule has 1 aromatic heterocycles. The van der Waals surface area contributed by atoms with E-state index in [-0.39, 0.29) is 11.5 Å². The van der Waals surface area contributed by atoms with E-state index in [0.717, 1.165) is 0 Å². The van der Waals surface area contributed by atoms with Crippen LogP contribution >= 0.6 is 46.4 Å². The average Bonchev–Trinajstić information content (AvgIpc) is 3.24. The van der Waals surface area contributed by atoms with Crippen LogP contribution in [-0.2, 0) is 0 Å². The molecule has 2 aromatic carbocycles. The number of carbonyl (C=O) groups excluding carboxylic acids is 2. The van der Waals surface area contributed by atoms with Gasteiger partial charge in [0.05, 0.1) is 32.5 Å². The standard InChI is InChI=1S/C20H12Cl4N4O3/c21-13-3-1-11(7-15(13)23)9-25-27-19(29)17-5-6-18(31-17)20(30)28-26-10-12-2-4-14(22)16(24)8-12/h1-10H,(H,27,29)(H,28,30)/b25-9+,26-10+. The number of rotatable bonds is 6. The van der Waals surface area contributed by atoms with Gasteiger partial charge in [-0.1, -0.05) is 58.5 Å². The van der Waals surface area contributed by atoms with Gasteiger partial charge in [-0.05, 0) is 47.5 Å². The Hall–Kier alpha value is -2.84. The van der Waals surface area contributed by atoms with Crippen molar-refractivity contribution in [2.24, 2.45) is 10.2 Å². The monoisotopic (exact) mass is 496 g/mol. The van der Waals surface area contributed by atoms with E-state index in [1.165, 1.54) is 24.6 Å². The Morgan fingerprint density at radius 1 is 0.677 bits per heavy atom. The summed E-state index contributed by atoms with van der Waals surface area (Å²) in [7, 11) is 0. The average molecular weight is 498 g/mol. The molecular weight excluding hydrogens is 486 g/mol. The lowest BCUT2D eigenvalue weighted by molar-refractivity contribution is 0.0902. The molecule has 11 heteroatoms. The second-order valence-electron chi connectivity index (χ2n) is 5.91. The third kappa shape index (κ3) is 6.32. The van der Waals surface area contributed by atoms with E-state index in [9.17, 15) is 9.59 Å². The molecule has 0 atom stereocenters. The fourth-order valence-electron chi connectivity index (χ4n) is 2.21. The number of nitrogens with zero attached hydrogens (tertiary/aromatic N) is 2. The van der Waals surface area contributed by atoms with Gasteiger partial charge in [0.1, 0.15) is 0 Å². The second-order valence-corrected chi connectivity index (χ2v) is 7.54. The van der Waals surface area contributed by atoms with E-state index in [0.29, 0.717) is 31.2 Å². The van der Waals surface area contributed by atoms with Gasteiger partial charge in [-0.2, -0.15) is 10.2 Å². The summed E-state index contributed by atoms with van der Waals surface area (Å²) >= 11 is 23.5. The minimum atomic E-state index is -0.644. The predicted molar refractivity (Wildman–Crippen MR) is 122 cm³/mol. The molecule has 31 heavy (non-hydrogen) atoms. The van der Waals surface area contributed by atoms with Gasteiger partial charge in [0, 0.05) is 0 Å². The van der Waals surface area contributed by atoms with E-state index in [4.69, 9.17) is 50.8 Å². The summed E-state index contributed by atoms with van der Waals surface area (Å²) in [6.07, 6.45) is 2.77. The Balaban J connectivity index is 1.55. The fraction of sp³-hybridized carbons (Fsp3) is 0. The molecular formula is C20H12Cl4N4O3. The number of benzene rings is 2. The van der Waals surface area contributed by atoms with Crippen molar-refractivity contribution in [2.45, 2.75) is 0 Å². The summed E-state index contributed by atoms with van der Waals surface area (Å²) in [4.78, 5) is 24.2. The molecule has 3 aromatic rings. The van der Waals surface area contributed by atoms with Crippen LogP contribution in [0.1, 0.15) is 32.2 Å². The minimum absolute atomic E-state index is 0.107. The summed E-state index contributed by atoms with van der Waals surface area (Å²) in [5.74, 6) is -1.50. The summed E-state index contributed by atoms with van der Waals surface area (Å²) in [6, 6.07) is 12.4. The molecule has 0 aliphatic rings. The third-order valence-electron chi connectivity index (χ3n) is 3.70. The highest BCUT2D eigenvalue weighted by Crippen LogP contribution is 2.22. The number of furan rings is 1. The van der Waals surface area contributed by atoms with Crippen LogP contribution in [0.2, 0.25) is 20.1 Å². The smallest absolute Gasteiger partial charge is 0.307 e. The van der Waals surface area contributed by atoms with Crippen molar-refractivity contribution in [3.05, 3.63) is 91.3 Å². The first-order valence-electron chi connectivity index (χ1n) is 8.50. The Kier molecular flexibility index (Phi) is 7.70. The van der Waals surface area contributed by atoms with Crippen molar-refractivity contribution in [3.63, 3.8) is 0 Å². The van der Waals surface area contributed by atoms with Gasteiger partial charge < -0.3 is 4.42 Å². The fourth-order valence-corrected chi connectivity index (χ4v) is 2.82. The zero-order valence-electron chi connectivity index (χ0n) is 15.4. The third-order valence-corrected chi connectivity index (χ3v) is 5.18. The van der Waals surface area contributed by atoms with Crippen LogP contribution in [0, 0.1) is 0 Å². The summed E-state index contributed by atoms with van der Waals surface area (Å²) in [6.45, 7) is 0. The van der Waals surface area contributed by atoms with E-state index >= 15 is 0 Å². The topological polar surface area (TPSA) is 96.1 Å². The number of hydrogen-bond acceptors (Lipinski definition) is 5. The maximum atomic E-state index is 12.1. The van der Waals surface area contributed by atoms with Gasteiger partial charge in [0.25, 0.3) is 0 Å². The Bertz CT molecular complexity index is 1100. The van der Waals surface area contributed by atoms with Gasteiger partial charge in [0.2, 0.25) is 0 Å². The molecule has 2 N–H and O–H groups in total. The molecule has 0 unspecified atom stereocenters. The molecule has 2 amide bonds. The number of hydrazone groups is 2. The largest absolute Gasteiger partial charge is 0.446 e. The van der Waals surface area contributed by atoms with Crippen molar-refractivity contribution in [2.75, 3.05) is 0 Å². The molecule has 7 nitrogen and oxygen atoms in total. The zero-order valence-corrected chi connectivity index (χ0v) is 18.4. The highest BCUT2D eigenvalue weighted by Gasteiger charge is 2.15. The molecule has 3 rings (SSSR count). The molecule has 158 valence electrons. The van der Waals surface area contributed by atoms with Gasteiger partial charge >= 0.3 is 11.8 Å². The van der Waals surface area contributed by atoms with Crippen LogP contribution < -0.4 is 10.9 Å². The van der Waals surface area contributed by atoms with Gasteiger partial charge in [-0.15, -0.1) is 0 Å². The molecule has 0 aliphatic heterocycles. The first kappa shape index (κ1) is 22.8. The van der Waals surface area contributed by atoms with E-state index in [1.54, 1.807) is 36.4 Å². The maximum Gasteiger partial charge on any atom is 0.307 e. The van der Waals surface area contributed by atoms with E-state index in [2.05, 4.69) is 21.1 Å². The van der Waals surface area contributed by atoms with E-state index in [1.807, 2.05) is 0 Å². The molecule has 1 heterocycles. The van der Waals surface area contributed by atoms with Crippen LogP contribution in [-0.4, -0.2) is 24.2 Å². The molecule has 0 radical (unpaired) electrons. The van der Waals surface area contributed by atoms with Crippen LogP contribution in [0.4, 0.5) is 0 Å². The summed E-state index contributed by atoms with van der Waals surface area (Å²) in [5, 5.41) is 9.16. The van der Waals surface area contributed by atoms with Crippen molar-refractivity contribution in [1.82, 2.24) is 10.9 Å². The number of hydrogen-bond donors (Lipinski definition) is 2. The number of amides is 2. The molecule has 0 aliphatic carbocycles. The van der Waals surface area contributed by atoms with Crippen LogP contribution in [0.5, 0.6) is 0 Å². The quantitative estimate of drug-likeness (QED) is 0.351. The molecule has 0 saturated heterocycles. The first-order chi connectivity index (χ1) is 14.8. The Morgan fingerprint density at radius 3 is 1.48 bits per heavy atom. The minimum Gasteiger partial charge on any atom is -0.446 e. The highest BCUT2D eigenvalue weighted by molar-refractivity contribution is 6.42. The lowest BCUT2D eigenvalue weighted by Gasteiger charge is -1.99. The Morgan fingerprint density at radius 2 is 1.10 bits per heavy atom. The lowest BCUT2D eigenvalue weighted by Crippen LogP contribution is -2.18. The molecule has 0 saturated carbocycles. The highest BCUT2D eigenvalue weighted by atomic mass is 35.5. The number of halogens is 4. The van der Waals surface area contributed by atoms with Crippen molar-refractivity contribution < 1.29 is 14.0 Å². The molecule has 0 spiro atoms. The first-order valence-corrected chi connectivity index (χ1v) is 10.0. The second kappa shape index (κ2) is 10.5. The summed E-state index contributed by atoms with van der Waals surface area (Å²) < 4.78 is 5.23. The van der Waals surface area contributed by atoms with Crippen LogP contribution in [0.25, 0.3) is 0 Å². The van der Waals surface area contributed by atoms with Gasteiger partial charge in [0.15, 0.2) is 11.5 Å². The van der Waals surface area contributed by atoms with Crippen molar-refractivity contribution in [3.8, 4) is 0 Å². The predicted octanol–water partition coefficient (Wildman–Crippen LogP) is 5.42. The number of nitrogens with one attached hydrogen (secondary N) is 2. The van der Waals surface area contributed by atoms with E-state index < -0.39 is 11.8 Å². The van der Waals surface area contributed by atoms with Crippen molar-refractivity contribution in [1.29, 1.82) is 0 Å². The van der Waals surface area contributed by atoms with Gasteiger partial charge in [-0.3, -0.25) is 9.59 Å². The SMILES string of the molecule is O=C(N/N=C/c1ccc(Cl)c(Cl)c1)c1ccc(C(=O)N/N=C/c2ccc(Cl)c(Cl)c2)o1. The molecule has 0 bridgehead atoms. The summed E-state index contributed by atoms with van der Waals surface area (Å²) in [5.41, 5.74) is 5.84. The molecule has 0 fully saturated rings. The lowest BCUT2D eigenvalue weighted by atomic mass is 10.2. The van der Waals surface area contributed by atoms with Crippen LogP contribution in [0.15, 0.2) is 63.2 Å². The van der Waals surface area contributed by atoms with Crippen LogP contribution in [0.3, 0.4) is 0 Å². The normalized spacial score (nSPS) is 11.2.